The van der Waals surface area contributed by atoms with E-state index in [0.717, 1.165) is 40.9 Å². The Morgan fingerprint density at radius 2 is 1.50 bits per heavy atom. The minimum atomic E-state index is 0.688. The molecule has 0 aromatic heterocycles. The highest BCUT2D eigenvalue weighted by Gasteiger charge is 2.59. The molecule has 4 saturated carbocycles. The van der Waals surface area contributed by atoms with Gasteiger partial charge in [-0.15, -0.1) is 0 Å². The van der Waals surface area contributed by atoms with Crippen LogP contribution in [0.15, 0.2) is 0 Å². The van der Waals surface area contributed by atoms with Gasteiger partial charge in [0.1, 0.15) is 0 Å². The maximum atomic E-state index is 2.71. The Morgan fingerprint density at radius 1 is 0.727 bits per heavy atom. The van der Waals surface area contributed by atoms with Gasteiger partial charge in [-0.25, -0.2) is 0 Å². The van der Waals surface area contributed by atoms with Crippen LogP contribution in [0.2, 0.25) is 0 Å². The zero-order chi connectivity index (χ0) is 15.5. The van der Waals surface area contributed by atoms with E-state index in [0.29, 0.717) is 5.41 Å². The lowest BCUT2D eigenvalue weighted by Gasteiger charge is -2.60. The quantitative estimate of drug-likeness (QED) is 0.506. The van der Waals surface area contributed by atoms with Gasteiger partial charge in [0.25, 0.3) is 0 Å². The molecule has 22 heavy (non-hydrogen) atoms. The first-order chi connectivity index (χ1) is 10.5. The molecule has 4 aliphatic rings. The van der Waals surface area contributed by atoms with Crippen LogP contribution >= 0.6 is 0 Å². The molecule has 4 aliphatic carbocycles. The molecule has 0 saturated heterocycles. The van der Waals surface area contributed by atoms with E-state index in [9.17, 15) is 0 Å². The van der Waals surface area contributed by atoms with Crippen LogP contribution < -0.4 is 0 Å². The molecule has 0 aromatic carbocycles. The summed E-state index contributed by atoms with van der Waals surface area (Å²) in [6.07, 6.45) is 15.5. The van der Waals surface area contributed by atoms with Gasteiger partial charge in [0.05, 0.1) is 0 Å². The van der Waals surface area contributed by atoms with Crippen molar-refractivity contribution < 1.29 is 0 Å². The van der Waals surface area contributed by atoms with Gasteiger partial charge in [-0.1, -0.05) is 40.5 Å². The van der Waals surface area contributed by atoms with Crippen molar-refractivity contribution in [3.05, 3.63) is 0 Å². The third kappa shape index (κ3) is 2.01. The van der Waals surface area contributed by atoms with Crippen LogP contribution in [0.5, 0.6) is 0 Å². The van der Waals surface area contributed by atoms with Gasteiger partial charge >= 0.3 is 0 Å². The van der Waals surface area contributed by atoms with E-state index >= 15 is 0 Å². The Morgan fingerprint density at radius 3 is 2.27 bits per heavy atom. The molecular weight excluding hydrogens is 264 g/mol. The van der Waals surface area contributed by atoms with E-state index in [1.165, 1.54) is 19.3 Å². The van der Waals surface area contributed by atoms with Crippen LogP contribution in [0, 0.1) is 46.3 Å². The number of hydrogen-bond acceptors (Lipinski definition) is 0. The average Bonchev–Trinajstić information content (AvgIpc) is 2.84. The molecule has 0 heteroatoms. The van der Waals surface area contributed by atoms with Crippen molar-refractivity contribution in [3.63, 3.8) is 0 Å². The molecule has 0 aromatic rings. The third-order valence-corrected chi connectivity index (χ3v) is 9.46. The molecule has 0 bridgehead atoms. The van der Waals surface area contributed by atoms with Crippen molar-refractivity contribution in [2.24, 2.45) is 46.3 Å². The highest BCUT2D eigenvalue weighted by Crippen LogP contribution is 2.68. The number of fused-ring (bicyclic) bond motifs is 5. The van der Waals surface area contributed by atoms with Gasteiger partial charge < -0.3 is 0 Å². The molecule has 126 valence electrons. The van der Waals surface area contributed by atoms with Crippen LogP contribution in [0.3, 0.4) is 0 Å². The second-order valence-corrected chi connectivity index (χ2v) is 10.4. The first-order valence-corrected chi connectivity index (χ1v) is 10.5. The minimum Gasteiger partial charge on any atom is -0.0625 e. The van der Waals surface area contributed by atoms with E-state index in [1.807, 2.05) is 0 Å². The van der Waals surface area contributed by atoms with Crippen molar-refractivity contribution in [3.8, 4) is 0 Å². The van der Waals surface area contributed by atoms with Crippen LogP contribution in [0.25, 0.3) is 0 Å². The van der Waals surface area contributed by atoms with Crippen molar-refractivity contribution in [2.45, 2.75) is 91.9 Å². The lowest BCUT2D eigenvalue weighted by molar-refractivity contribution is -0.113. The molecule has 0 heterocycles. The first-order valence-electron chi connectivity index (χ1n) is 10.5. The molecule has 0 amide bonds. The van der Waals surface area contributed by atoms with Gasteiger partial charge in [0.2, 0.25) is 0 Å². The van der Waals surface area contributed by atoms with Crippen molar-refractivity contribution in [2.75, 3.05) is 0 Å². The largest absolute Gasteiger partial charge is 0.0625 e. The van der Waals surface area contributed by atoms with Gasteiger partial charge in [0, 0.05) is 0 Å². The predicted molar refractivity (Wildman–Crippen MR) is 94.7 cm³/mol. The zero-order valence-electron chi connectivity index (χ0n) is 15.5. The summed E-state index contributed by atoms with van der Waals surface area (Å²) in [5.41, 5.74) is 1.41. The second kappa shape index (κ2) is 5.25. The molecule has 0 radical (unpaired) electrons. The highest BCUT2D eigenvalue weighted by molar-refractivity contribution is 5.08. The predicted octanol–water partition coefficient (Wildman–Crippen LogP) is 6.69. The fourth-order valence-corrected chi connectivity index (χ4v) is 8.43. The molecule has 0 nitrogen and oxygen atoms in total. The molecule has 4 fully saturated rings. The van der Waals surface area contributed by atoms with Gasteiger partial charge in [-0.2, -0.15) is 0 Å². The normalized spacial score (nSPS) is 54.7. The lowest BCUT2D eigenvalue weighted by atomic mass is 9.44. The molecular formula is C22H38. The Kier molecular flexibility index (Phi) is 3.70. The summed E-state index contributed by atoms with van der Waals surface area (Å²) in [6.45, 7) is 10.4. The van der Waals surface area contributed by atoms with Crippen LogP contribution in [0.1, 0.15) is 91.9 Å². The summed E-state index contributed by atoms with van der Waals surface area (Å²) in [5.74, 6) is 6.22. The fraction of sp³-hybridized carbons (Fsp3) is 1.00. The molecule has 0 aliphatic heterocycles. The van der Waals surface area contributed by atoms with Crippen LogP contribution in [-0.4, -0.2) is 0 Å². The summed E-state index contributed by atoms with van der Waals surface area (Å²) in [6, 6.07) is 0. The van der Waals surface area contributed by atoms with Crippen LogP contribution in [0.4, 0.5) is 0 Å². The fourth-order valence-electron chi connectivity index (χ4n) is 8.43. The maximum Gasteiger partial charge on any atom is -0.0264 e. The Hall–Kier alpha value is 0. The van der Waals surface area contributed by atoms with Gasteiger partial charge in [0.15, 0.2) is 0 Å². The van der Waals surface area contributed by atoms with E-state index in [1.54, 1.807) is 44.9 Å². The number of rotatable bonds is 1. The molecule has 0 N–H and O–H groups in total. The summed E-state index contributed by atoms with van der Waals surface area (Å²) in [4.78, 5) is 0. The van der Waals surface area contributed by atoms with Crippen molar-refractivity contribution >= 4 is 0 Å². The van der Waals surface area contributed by atoms with Crippen LogP contribution in [-0.2, 0) is 0 Å². The van der Waals surface area contributed by atoms with E-state index in [-0.39, 0.29) is 0 Å². The SMILES string of the molecule is CC(C)[C@H]1CC[C@H]2[C@@H]3CC[C@H]4CCCC[C@]4(C)[C@H]3CC[C@]12C. The van der Waals surface area contributed by atoms with Gasteiger partial charge in [-0.05, 0) is 97.7 Å². The lowest BCUT2D eigenvalue weighted by Crippen LogP contribution is -2.53. The standard InChI is InChI=1S/C22H38/c1-15(2)18-10-11-19-17-9-8-16-7-5-6-13-21(16,3)20(17)12-14-22(18,19)4/h15-20H,5-14H2,1-4H3/t16-,17+,18-,19+,20+,21+,22-/m1/s1. The van der Waals surface area contributed by atoms with Gasteiger partial charge in [-0.3, -0.25) is 0 Å². The molecule has 7 atom stereocenters. The van der Waals surface area contributed by atoms with Crippen molar-refractivity contribution in [1.82, 2.24) is 0 Å². The summed E-state index contributed by atoms with van der Waals surface area (Å²) >= 11 is 0. The first kappa shape index (κ1) is 15.5. The summed E-state index contributed by atoms with van der Waals surface area (Å²) in [5, 5.41) is 0. The minimum absolute atomic E-state index is 0.688. The Bertz CT molecular complexity index is 424. The topological polar surface area (TPSA) is 0 Å². The van der Waals surface area contributed by atoms with E-state index < -0.39 is 0 Å². The van der Waals surface area contributed by atoms with E-state index in [4.69, 9.17) is 0 Å². The molecule has 4 rings (SSSR count). The molecule has 0 unspecified atom stereocenters. The molecule has 0 spiro atoms. The van der Waals surface area contributed by atoms with Crippen molar-refractivity contribution in [1.29, 1.82) is 0 Å². The number of hydrogen-bond donors (Lipinski definition) is 0. The summed E-state index contributed by atoms with van der Waals surface area (Å²) < 4.78 is 0. The summed E-state index contributed by atoms with van der Waals surface area (Å²) in [7, 11) is 0. The second-order valence-electron chi connectivity index (χ2n) is 10.4. The monoisotopic (exact) mass is 302 g/mol. The van der Waals surface area contributed by atoms with E-state index in [2.05, 4.69) is 27.7 Å². The average molecular weight is 303 g/mol. The third-order valence-electron chi connectivity index (χ3n) is 9.46. The maximum absolute atomic E-state index is 2.71. The smallest absolute Gasteiger partial charge is 0.0264 e. The Balaban J connectivity index is 1.62. The zero-order valence-corrected chi connectivity index (χ0v) is 15.5. The Labute approximate surface area is 138 Å². The highest BCUT2D eigenvalue weighted by atomic mass is 14.6.